The van der Waals surface area contributed by atoms with Crippen molar-refractivity contribution >= 4 is 5.97 Å². The van der Waals surface area contributed by atoms with E-state index in [4.69, 9.17) is 28.4 Å². The van der Waals surface area contributed by atoms with E-state index in [0.29, 0.717) is 0 Å². The second kappa shape index (κ2) is 14.0. The molecule has 4 rings (SSSR count). The van der Waals surface area contributed by atoms with E-state index < -0.39 is 98.5 Å². The molecule has 43 heavy (non-hydrogen) atoms. The topological polar surface area (TPSA) is 255 Å². The Morgan fingerprint density at radius 2 is 1.28 bits per heavy atom. The van der Waals surface area contributed by atoms with Crippen molar-refractivity contribution < 1.29 is 79.2 Å². The van der Waals surface area contributed by atoms with Crippen molar-refractivity contribution in [2.45, 2.75) is 68.0 Å². The Morgan fingerprint density at radius 3 is 1.81 bits per heavy atom. The monoisotopic (exact) mass is 614 g/mol. The van der Waals surface area contributed by atoms with Gasteiger partial charge in [0.05, 0.1) is 20.3 Å². The summed E-state index contributed by atoms with van der Waals surface area (Å²) in [7, 11) is 1.16. The van der Waals surface area contributed by atoms with Gasteiger partial charge in [0.1, 0.15) is 72.5 Å². The molecule has 0 saturated carbocycles. The Labute approximate surface area is 244 Å². The second-order valence-corrected chi connectivity index (χ2v) is 9.81. The van der Waals surface area contributed by atoms with Crippen molar-refractivity contribution in [3.8, 4) is 23.0 Å². The number of benzene rings is 2. The number of aliphatic hydroxyl groups is 8. The van der Waals surface area contributed by atoms with Crippen molar-refractivity contribution in [2.24, 2.45) is 0 Å². The summed E-state index contributed by atoms with van der Waals surface area (Å²) < 4.78 is 32.6. The quantitative estimate of drug-likeness (QED) is 0.122. The lowest BCUT2D eigenvalue weighted by atomic mass is 9.99. The number of aromatic hydroxyl groups is 1. The molecule has 2 fully saturated rings. The van der Waals surface area contributed by atoms with Crippen LogP contribution in [-0.2, 0) is 20.8 Å². The van der Waals surface area contributed by atoms with Gasteiger partial charge in [-0.2, -0.15) is 0 Å². The zero-order valence-electron chi connectivity index (χ0n) is 22.7. The van der Waals surface area contributed by atoms with Crippen LogP contribution in [0.5, 0.6) is 23.0 Å². The number of hydrogen-bond acceptors (Lipinski definition) is 16. The number of aliphatic hydroxyl groups excluding tert-OH is 8. The van der Waals surface area contributed by atoms with Crippen molar-refractivity contribution in [2.75, 3.05) is 20.3 Å². The first kappa shape index (κ1) is 32.6. The van der Waals surface area contributed by atoms with Crippen LogP contribution < -0.4 is 14.2 Å². The number of rotatable bonds is 10. The Hall–Kier alpha value is -3.29. The summed E-state index contributed by atoms with van der Waals surface area (Å²) in [4.78, 5) is 13.1. The van der Waals surface area contributed by atoms with Crippen LogP contribution in [0.4, 0.5) is 0 Å². The number of phenolic OH excluding ortho intramolecular Hbond substituents is 1. The van der Waals surface area contributed by atoms with Crippen LogP contribution in [0.15, 0.2) is 36.4 Å². The molecule has 2 aromatic carbocycles. The number of carbonyl (C=O) groups is 1. The fourth-order valence-electron chi connectivity index (χ4n) is 4.58. The summed E-state index contributed by atoms with van der Waals surface area (Å²) in [5, 5.41) is 90.0. The Morgan fingerprint density at radius 1 is 0.744 bits per heavy atom. The number of carbonyl (C=O) groups excluding carboxylic acids is 1. The summed E-state index contributed by atoms with van der Waals surface area (Å²) in [5.74, 6) is -2.13. The smallest absolute Gasteiger partial charge is 0.346 e. The summed E-state index contributed by atoms with van der Waals surface area (Å²) in [5.41, 5.74) is -0.211. The van der Waals surface area contributed by atoms with Crippen LogP contribution in [0.25, 0.3) is 0 Å². The molecule has 0 bridgehead atoms. The van der Waals surface area contributed by atoms with Crippen molar-refractivity contribution in [1.82, 2.24) is 0 Å². The number of hydrogen-bond donors (Lipinski definition) is 9. The number of esters is 1. The predicted octanol–water partition coefficient (Wildman–Crippen LogP) is -2.88. The van der Waals surface area contributed by atoms with E-state index in [2.05, 4.69) is 0 Å². The van der Waals surface area contributed by atoms with Gasteiger partial charge in [-0.3, -0.25) is 0 Å². The first-order valence-corrected chi connectivity index (χ1v) is 13.1. The summed E-state index contributed by atoms with van der Waals surface area (Å²) in [6.45, 7) is -1.79. The van der Waals surface area contributed by atoms with Crippen molar-refractivity contribution in [3.05, 3.63) is 47.5 Å². The number of methoxy groups -OCH3 is 1. The van der Waals surface area contributed by atoms with Crippen LogP contribution in [0, 0.1) is 0 Å². The summed E-state index contributed by atoms with van der Waals surface area (Å²) >= 11 is 0. The van der Waals surface area contributed by atoms with Crippen molar-refractivity contribution in [3.63, 3.8) is 0 Å². The maximum absolute atomic E-state index is 13.1. The minimum absolute atomic E-state index is 0.0653. The van der Waals surface area contributed by atoms with E-state index in [0.717, 1.165) is 13.2 Å². The molecule has 238 valence electrons. The largest absolute Gasteiger partial charge is 0.507 e. The first-order chi connectivity index (χ1) is 20.5. The van der Waals surface area contributed by atoms with Gasteiger partial charge in [-0.25, -0.2) is 4.79 Å². The van der Waals surface area contributed by atoms with E-state index in [1.807, 2.05) is 0 Å². The molecule has 2 heterocycles. The molecule has 9 N–H and O–H groups in total. The SMILES string of the molecule is COc1c(OC2OC(CO)C(O)C(O)C2O)ccc(O)c1C(=O)OCc1ccccc1OC1OC(CO)C(O)C(O)C1O. The van der Waals surface area contributed by atoms with E-state index in [-0.39, 0.29) is 22.8 Å². The molecular formula is C27H34O16. The molecule has 10 unspecified atom stereocenters. The molecule has 2 saturated heterocycles. The molecular weight excluding hydrogens is 580 g/mol. The van der Waals surface area contributed by atoms with Gasteiger partial charge in [0.25, 0.3) is 0 Å². The molecule has 10 atom stereocenters. The zero-order valence-corrected chi connectivity index (χ0v) is 22.7. The van der Waals surface area contributed by atoms with E-state index in [1.54, 1.807) is 12.1 Å². The highest BCUT2D eigenvalue weighted by Gasteiger charge is 2.46. The number of ether oxygens (including phenoxy) is 6. The molecule has 0 radical (unpaired) electrons. The molecule has 0 amide bonds. The van der Waals surface area contributed by atoms with Gasteiger partial charge in [0, 0.05) is 5.56 Å². The average molecular weight is 615 g/mol. The van der Waals surface area contributed by atoms with Gasteiger partial charge >= 0.3 is 5.97 Å². The fourth-order valence-corrected chi connectivity index (χ4v) is 4.58. The maximum atomic E-state index is 13.1. The molecule has 16 heteroatoms. The third kappa shape index (κ3) is 6.78. The van der Waals surface area contributed by atoms with Gasteiger partial charge in [-0.1, -0.05) is 18.2 Å². The molecule has 0 spiro atoms. The molecule has 16 nitrogen and oxygen atoms in total. The van der Waals surface area contributed by atoms with E-state index >= 15 is 0 Å². The van der Waals surface area contributed by atoms with Crippen LogP contribution in [0.1, 0.15) is 15.9 Å². The third-order valence-corrected chi connectivity index (χ3v) is 7.02. The summed E-state index contributed by atoms with van der Waals surface area (Å²) in [6, 6.07) is 8.40. The maximum Gasteiger partial charge on any atom is 0.346 e. The van der Waals surface area contributed by atoms with Gasteiger partial charge in [0.15, 0.2) is 11.5 Å². The second-order valence-electron chi connectivity index (χ2n) is 9.81. The van der Waals surface area contributed by atoms with Gasteiger partial charge in [-0.05, 0) is 18.2 Å². The lowest BCUT2D eigenvalue weighted by Gasteiger charge is -2.39. The van der Waals surface area contributed by atoms with Gasteiger partial charge in [0.2, 0.25) is 12.6 Å². The van der Waals surface area contributed by atoms with E-state index in [1.165, 1.54) is 18.2 Å². The Bertz CT molecular complexity index is 1240. The normalized spacial score (nSPS) is 32.6. The van der Waals surface area contributed by atoms with Crippen LogP contribution in [0.2, 0.25) is 0 Å². The van der Waals surface area contributed by atoms with Crippen molar-refractivity contribution in [1.29, 1.82) is 0 Å². The molecule has 0 aliphatic carbocycles. The standard InChI is InChI=1S/C27H34O16/c1-38-24-14(41-27-23(36)21(34)19(32)16(9-29)43-27)7-6-12(30)17(24)25(37)39-10-11-4-2-3-5-13(11)40-26-22(35)20(33)18(31)15(8-28)42-26/h2-7,15-16,18-23,26-36H,8-10H2,1H3. The predicted molar refractivity (Wildman–Crippen MR) is 139 cm³/mol. The number of para-hydroxylation sites is 1. The van der Waals surface area contributed by atoms with Gasteiger partial charge in [-0.15, -0.1) is 0 Å². The lowest BCUT2D eigenvalue weighted by Crippen LogP contribution is -2.60. The molecule has 0 aromatic heterocycles. The molecule has 2 aliphatic rings. The third-order valence-electron chi connectivity index (χ3n) is 7.02. The van der Waals surface area contributed by atoms with Crippen LogP contribution in [0.3, 0.4) is 0 Å². The molecule has 2 aromatic rings. The fraction of sp³-hybridized carbons (Fsp3) is 0.519. The molecule has 2 aliphatic heterocycles. The van der Waals surface area contributed by atoms with E-state index in [9.17, 15) is 50.8 Å². The van der Waals surface area contributed by atoms with Crippen LogP contribution in [-0.4, -0.2) is 134 Å². The van der Waals surface area contributed by atoms with Crippen LogP contribution >= 0.6 is 0 Å². The average Bonchev–Trinajstić information content (AvgIpc) is 3.01. The minimum atomic E-state index is -1.76. The Kier molecular flexibility index (Phi) is 10.6. The summed E-state index contributed by atoms with van der Waals surface area (Å²) in [6.07, 6.45) is -15.6. The Balaban J connectivity index is 1.50. The highest BCUT2D eigenvalue weighted by atomic mass is 16.7. The highest BCUT2D eigenvalue weighted by Crippen LogP contribution is 2.39. The first-order valence-electron chi connectivity index (χ1n) is 13.1. The number of phenols is 1. The lowest BCUT2D eigenvalue weighted by molar-refractivity contribution is -0.277. The minimum Gasteiger partial charge on any atom is -0.507 e. The van der Waals surface area contributed by atoms with Gasteiger partial charge < -0.3 is 74.4 Å². The zero-order chi connectivity index (χ0) is 31.4. The highest BCUT2D eigenvalue weighted by molar-refractivity contribution is 5.96.